The molecule has 1 aliphatic rings. The summed E-state index contributed by atoms with van der Waals surface area (Å²) < 4.78 is 17.8. The Hall–Kier alpha value is -1.95. The van der Waals surface area contributed by atoms with Crippen molar-refractivity contribution in [2.75, 3.05) is 33.4 Å². The molecule has 1 heterocycles. The number of ether oxygens (including phenoxy) is 1. The molecule has 2 rings (SSSR count). The maximum Gasteiger partial charge on any atom is 0.224 e. The molecule has 0 spiro atoms. The lowest BCUT2D eigenvalue weighted by Gasteiger charge is -2.31. The molecular weight excluding hydrogens is 311 g/mol. The van der Waals surface area contributed by atoms with Crippen molar-refractivity contribution in [2.24, 2.45) is 5.92 Å². The Morgan fingerprint density at radius 1 is 1.38 bits per heavy atom. The lowest BCUT2D eigenvalue weighted by atomic mass is 9.96. The maximum absolute atomic E-state index is 12.8. The van der Waals surface area contributed by atoms with E-state index in [0.717, 1.165) is 18.4 Å². The summed E-state index contributed by atoms with van der Waals surface area (Å²) in [6.45, 7) is 2.06. The van der Waals surface area contributed by atoms with Gasteiger partial charge in [-0.3, -0.25) is 9.59 Å². The number of carbonyl (C=O) groups excluding carboxylic acids is 2. The van der Waals surface area contributed by atoms with Crippen molar-refractivity contribution >= 4 is 11.8 Å². The van der Waals surface area contributed by atoms with Crippen molar-refractivity contribution in [2.45, 2.75) is 25.7 Å². The first kappa shape index (κ1) is 18.4. The van der Waals surface area contributed by atoms with E-state index in [1.165, 1.54) is 12.1 Å². The predicted molar refractivity (Wildman–Crippen MR) is 88.9 cm³/mol. The zero-order chi connectivity index (χ0) is 17.4. The molecule has 0 radical (unpaired) electrons. The van der Waals surface area contributed by atoms with E-state index in [4.69, 9.17) is 4.74 Å². The molecule has 1 saturated heterocycles. The molecule has 1 aromatic carbocycles. The highest BCUT2D eigenvalue weighted by Gasteiger charge is 2.29. The van der Waals surface area contributed by atoms with E-state index < -0.39 is 0 Å². The first-order chi connectivity index (χ1) is 11.6. The van der Waals surface area contributed by atoms with Crippen LogP contribution in [0.15, 0.2) is 24.3 Å². The van der Waals surface area contributed by atoms with Gasteiger partial charge in [-0.05, 0) is 37.0 Å². The summed E-state index contributed by atoms with van der Waals surface area (Å²) in [5, 5.41) is 2.94. The lowest BCUT2D eigenvalue weighted by Crippen LogP contribution is -2.46. The van der Waals surface area contributed by atoms with Crippen LogP contribution in [-0.4, -0.2) is 50.1 Å². The van der Waals surface area contributed by atoms with Gasteiger partial charge in [0.05, 0.1) is 12.5 Å². The highest BCUT2D eigenvalue weighted by atomic mass is 19.1. The molecule has 5 nitrogen and oxygen atoms in total. The second-order valence-corrected chi connectivity index (χ2v) is 6.09. The van der Waals surface area contributed by atoms with Gasteiger partial charge < -0.3 is 15.0 Å². The van der Waals surface area contributed by atoms with Gasteiger partial charge in [0.2, 0.25) is 11.8 Å². The number of nitrogens with one attached hydrogen (secondary N) is 1. The van der Waals surface area contributed by atoms with Crippen LogP contribution in [0.25, 0.3) is 0 Å². The zero-order valence-corrected chi connectivity index (χ0v) is 14.1. The Bertz CT molecular complexity index is 548. The van der Waals surface area contributed by atoms with E-state index in [2.05, 4.69) is 5.32 Å². The van der Waals surface area contributed by atoms with Crippen LogP contribution < -0.4 is 5.32 Å². The minimum Gasteiger partial charge on any atom is -0.383 e. The Balaban J connectivity index is 1.69. The molecule has 0 aromatic heterocycles. The largest absolute Gasteiger partial charge is 0.383 e. The van der Waals surface area contributed by atoms with Gasteiger partial charge in [-0.25, -0.2) is 4.39 Å². The quantitative estimate of drug-likeness (QED) is 0.736. The fourth-order valence-electron chi connectivity index (χ4n) is 2.85. The van der Waals surface area contributed by atoms with E-state index in [1.54, 1.807) is 24.1 Å². The smallest absolute Gasteiger partial charge is 0.224 e. The Morgan fingerprint density at radius 3 is 2.83 bits per heavy atom. The van der Waals surface area contributed by atoms with Gasteiger partial charge in [-0.2, -0.15) is 0 Å². The first-order valence-corrected chi connectivity index (χ1v) is 8.39. The molecule has 1 aromatic rings. The van der Waals surface area contributed by atoms with Crippen molar-refractivity contribution in [3.05, 3.63) is 35.6 Å². The summed E-state index contributed by atoms with van der Waals surface area (Å²) in [5.74, 6) is -0.293. The molecule has 0 aliphatic carbocycles. The van der Waals surface area contributed by atoms with Crippen molar-refractivity contribution in [3.63, 3.8) is 0 Å². The summed E-state index contributed by atoms with van der Waals surface area (Å²) in [7, 11) is 1.60. The monoisotopic (exact) mass is 336 g/mol. The second kappa shape index (κ2) is 9.37. The third-order valence-electron chi connectivity index (χ3n) is 4.29. The van der Waals surface area contributed by atoms with Gasteiger partial charge in [-0.1, -0.05) is 12.1 Å². The SMILES string of the molecule is COCCN1C[C@@H](C(=O)NCCCc2ccc(F)cc2)CCC1=O. The molecule has 24 heavy (non-hydrogen) atoms. The molecule has 0 saturated carbocycles. The Kier molecular flexibility index (Phi) is 7.18. The fourth-order valence-corrected chi connectivity index (χ4v) is 2.85. The molecule has 2 amide bonds. The number of aryl methyl sites for hydroxylation is 1. The molecule has 132 valence electrons. The van der Waals surface area contributed by atoms with Gasteiger partial charge in [0, 0.05) is 33.2 Å². The van der Waals surface area contributed by atoms with Crippen molar-refractivity contribution in [1.29, 1.82) is 0 Å². The number of methoxy groups -OCH3 is 1. The maximum atomic E-state index is 12.8. The summed E-state index contributed by atoms with van der Waals surface area (Å²) in [6, 6.07) is 6.41. The number of carbonyl (C=O) groups is 2. The number of likely N-dealkylation sites (tertiary alicyclic amines) is 1. The van der Waals surface area contributed by atoms with Gasteiger partial charge in [0.25, 0.3) is 0 Å². The van der Waals surface area contributed by atoms with Gasteiger partial charge in [-0.15, -0.1) is 0 Å². The molecule has 1 N–H and O–H groups in total. The standard InChI is InChI=1S/C18H25FN2O3/c1-24-12-11-21-13-15(6-9-17(21)22)18(23)20-10-2-3-14-4-7-16(19)8-5-14/h4-5,7-8,15H,2-3,6,9-13H2,1H3,(H,20,23)/t15-/m0/s1. The van der Waals surface area contributed by atoms with Crippen LogP contribution in [0, 0.1) is 11.7 Å². The lowest BCUT2D eigenvalue weighted by molar-refractivity contribution is -0.138. The fraction of sp³-hybridized carbons (Fsp3) is 0.556. The predicted octanol–water partition coefficient (Wildman–Crippen LogP) is 1.76. The third-order valence-corrected chi connectivity index (χ3v) is 4.29. The average Bonchev–Trinajstić information content (AvgIpc) is 2.59. The Labute approximate surface area is 142 Å². The van der Waals surface area contributed by atoms with Crippen LogP contribution in [-0.2, 0) is 20.7 Å². The number of halogens is 1. The third kappa shape index (κ3) is 5.60. The number of hydrogen-bond donors (Lipinski definition) is 1. The summed E-state index contributed by atoms with van der Waals surface area (Å²) in [4.78, 5) is 25.8. The minimum absolute atomic E-state index is 0.00372. The van der Waals surface area contributed by atoms with E-state index in [-0.39, 0.29) is 23.5 Å². The van der Waals surface area contributed by atoms with Gasteiger partial charge in [0.1, 0.15) is 5.82 Å². The number of amides is 2. The van der Waals surface area contributed by atoms with Crippen LogP contribution in [0.2, 0.25) is 0 Å². The van der Waals surface area contributed by atoms with Crippen molar-refractivity contribution < 1.29 is 18.7 Å². The highest BCUT2D eigenvalue weighted by Crippen LogP contribution is 2.17. The Morgan fingerprint density at radius 2 is 2.12 bits per heavy atom. The van der Waals surface area contributed by atoms with Gasteiger partial charge in [0.15, 0.2) is 0 Å². The topological polar surface area (TPSA) is 58.6 Å². The molecule has 0 unspecified atom stereocenters. The van der Waals surface area contributed by atoms with E-state index in [1.807, 2.05) is 0 Å². The van der Waals surface area contributed by atoms with E-state index >= 15 is 0 Å². The van der Waals surface area contributed by atoms with Crippen LogP contribution >= 0.6 is 0 Å². The minimum atomic E-state index is -0.239. The number of benzene rings is 1. The van der Waals surface area contributed by atoms with Crippen LogP contribution in [0.1, 0.15) is 24.8 Å². The highest BCUT2D eigenvalue weighted by molar-refractivity contribution is 5.83. The molecule has 1 fully saturated rings. The normalized spacial score (nSPS) is 17.8. The molecule has 6 heteroatoms. The van der Waals surface area contributed by atoms with Crippen LogP contribution in [0.5, 0.6) is 0 Å². The molecule has 1 atom stereocenters. The summed E-state index contributed by atoms with van der Waals surface area (Å²) in [5.41, 5.74) is 1.06. The summed E-state index contributed by atoms with van der Waals surface area (Å²) in [6.07, 6.45) is 2.61. The number of nitrogens with zero attached hydrogens (tertiary/aromatic N) is 1. The molecule has 1 aliphatic heterocycles. The van der Waals surface area contributed by atoms with Crippen LogP contribution in [0.3, 0.4) is 0 Å². The van der Waals surface area contributed by atoms with Gasteiger partial charge >= 0.3 is 0 Å². The van der Waals surface area contributed by atoms with E-state index in [0.29, 0.717) is 39.1 Å². The number of rotatable bonds is 8. The second-order valence-electron chi connectivity index (χ2n) is 6.09. The number of piperidine rings is 1. The molecule has 0 bridgehead atoms. The summed E-state index contributed by atoms with van der Waals surface area (Å²) >= 11 is 0. The number of hydrogen-bond acceptors (Lipinski definition) is 3. The van der Waals surface area contributed by atoms with Crippen molar-refractivity contribution in [1.82, 2.24) is 10.2 Å². The first-order valence-electron chi connectivity index (χ1n) is 8.39. The molecular formula is C18H25FN2O3. The van der Waals surface area contributed by atoms with E-state index in [9.17, 15) is 14.0 Å². The van der Waals surface area contributed by atoms with Crippen LogP contribution in [0.4, 0.5) is 4.39 Å². The van der Waals surface area contributed by atoms with Crippen molar-refractivity contribution in [3.8, 4) is 0 Å². The zero-order valence-electron chi connectivity index (χ0n) is 14.1. The average molecular weight is 336 g/mol.